The number of likely N-dealkylation sites (N-methyl/N-ethyl adjacent to an activating group) is 1. The summed E-state index contributed by atoms with van der Waals surface area (Å²) in [7, 11) is 1.39. The molecule has 2 amide bonds. The van der Waals surface area contributed by atoms with E-state index in [0.717, 1.165) is 5.56 Å². The first-order valence-electron chi connectivity index (χ1n) is 6.00. The molecule has 0 radical (unpaired) electrons. The van der Waals surface area contributed by atoms with Gasteiger partial charge in [-0.05, 0) is 16.5 Å². The molecule has 0 aliphatic rings. The van der Waals surface area contributed by atoms with E-state index in [-0.39, 0.29) is 5.41 Å². The van der Waals surface area contributed by atoms with Crippen LogP contribution in [0.3, 0.4) is 0 Å². The second-order valence-corrected chi connectivity index (χ2v) is 5.15. The number of hydrogen-bond acceptors (Lipinski definition) is 3. The molecule has 0 fully saturated rings. The molecule has 0 bridgehead atoms. The summed E-state index contributed by atoms with van der Waals surface area (Å²) in [4.78, 5) is 22.0. The van der Waals surface area contributed by atoms with Gasteiger partial charge in [-0.15, -0.1) is 0 Å². The zero-order valence-electron chi connectivity index (χ0n) is 11.7. The predicted molar refractivity (Wildman–Crippen MR) is 74.9 cm³/mol. The van der Waals surface area contributed by atoms with Crippen LogP contribution in [0, 0.1) is 0 Å². The highest BCUT2D eigenvalue weighted by Gasteiger charge is 2.12. The third-order valence-electron chi connectivity index (χ3n) is 2.59. The van der Waals surface area contributed by atoms with Gasteiger partial charge in [0.15, 0.2) is 0 Å². The highest BCUT2D eigenvalue weighted by molar-refractivity contribution is 6.34. The monoisotopic (exact) mass is 261 g/mol. The van der Waals surface area contributed by atoms with Gasteiger partial charge in [0.1, 0.15) is 0 Å². The molecule has 0 heterocycles. The molecule has 0 spiro atoms. The molecule has 0 saturated heterocycles. The Bertz CT molecular complexity index is 484. The van der Waals surface area contributed by atoms with Crippen molar-refractivity contribution < 1.29 is 9.59 Å². The lowest BCUT2D eigenvalue weighted by molar-refractivity contribution is -0.138. The number of nitrogens with zero attached hydrogens (tertiary/aromatic N) is 1. The first kappa shape index (κ1) is 14.9. The van der Waals surface area contributed by atoms with Crippen LogP contribution in [0.5, 0.6) is 0 Å². The molecule has 0 aromatic heterocycles. The van der Waals surface area contributed by atoms with Gasteiger partial charge in [-0.2, -0.15) is 5.10 Å². The Labute approximate surface area is 113 Å². The third kappa shape index (κ3) is 4.54. The van der Waals surface area contributed by atoms with Crippen molar-refractivity contribution in [2.75, 3.05) is 7.05 Å². The zero-order valence-corrected chi connectivity index (χ0v) is 11.7. The Hall–Kier alpha value is -2.17. The second kappa shape index (κ2) is 6.13. The van der Waals surface area contributed by atoms with Crippen molar-refractivity contribution in [3.05, 3.63) is 35.4 Å². The molecular weight excluding hydrogens is 242 g/mol. The normalized spacial score (nSPS) is 11.4. The summed E-state index contributed by atoms with van der Waals surface area (Å²) in [6.45, 7) is 6.42. The first-order chi connectivity index (χ1) is 8.84. The summed E-state index contributed by atoms with van der Waals surface area (Å²) < 4.78 is 0. The maximum Gasteiger partial charge on any atom is 0.329 e. The van der Waals surface area contributed by atoms with Gasteiger partial charge >= 0.3 is 11.8 Å². The maximum atomic E-state index is 11.1. The first-order valence-corrected chi connectivity index (χ1v) is 6.00. The van der Waals surface area contributed by atoms with Crippen molar-refractivity contribution in [1.29, 1.82) is 0 Å². The van der Waals surface area contributed by atoms with Gasteiger partial charge in [0.25, 0.3) is 0 Å². The zero-order chi connectivity index (χ0) is 14.5. The number of carbonyl (C=O) groups is 2. The highest BCUT2D eigenvalue weighted by atomic mass is 16.2. The van der Waals surface area contributed by atoms with Crippen molar-refractivity contribution >= 4 is 18.0 Å². The Morgan fingerprint density at radius 1 is 1.11 bits per heavy atom. The molecule has 0 aliphatic heterocycles. The van der Waals surface area contributed by atoms with E-state index >= 15 is 0 Å². The minimum Gasteiger partial charge on any atom is -0.351 e. The van der Waals surface area contributed by atoms with Crippen LogP contribution in [0.25, 0.3) is 0 Å². The molecule has 0 saturated carbocycles. The molecule has 0 aliphatic carbocycles. The fourth-order valence-electron chi connectivity index (χ4n) is 1.40. The molecule has 1 aromatic rings. The summed E-state index contributed by atoms with van der Waals surface area (Å²) in [6.07, 6.45) is 1.49. The Kier molecular flexibility index (Phi) is 4.80. The van der Waals surface area contributed by atoms with Gasteiger partial charge < -0.3 is 5.32 Å². The van der Waals surface area contributed by atoms with Crippen LogP contribution in [0.2, 0.25) is 0 Å². The van der Waals surface area contributed by atoms with Crippen LogP contribution in [-0.2, 0) is 15.0 Å². The second-order valence-electron chi connectivity index (χ2n) is 5.15. The van der Waals surface area contributed by atoms with E-state index in [0.29, 0.717) is 0 Å². The van der Waals surface area contributed by atoms with E-state index in [4.69, 9.17) is 0 Å². The van der Waals surface area contributed by atoms with Crippen molar-refractivity contribution in [2.45, 2.75) is 26.2 Å². The minimum atomic E-state index is -0.787. The molecule has 5 nitrogen and oxygen atoms in total. The highest BCUT2D eigenvalue weighted by Crippen LogP contribution is 2.21. The summed E-state index contributed by atoms with van der Waals surface area (Å²) in [5, 5.41) is 5.93. The number of amides is 2. The van der Waals surface area contributed by atoms with Gasteiger partial charge in [0, 0.05) is 7.05 Å². The van der Waals surface area contributed by atoms with E-state index in [9.17, 15) is 9.59 Å². The Morgan fingerprint density at radius 2 is 1.68 bits per heavy atom. The number of benzene rings is 1. The van der Waals surface area contributed by atoms with Crippen molar-refractivity contribution in [1.82, 2.24) is 10.7 Å². The number of rotatable bonds is 2. The van der Waals surface area contributed by atoms with Crippen LogP contribution < -0.4 is 10.7 Å². The lowest BCUT2D eigenvalue weighted by Crippen LogP contribution is -2.35. The predicted octanol–water partition coefficient (Wildman–Crippen LogP) is 1.18. The van der Waals surface area contributed by atoms with Gasteiger partial charge in [0.05, 0.1) is 6.21 Å². The number of hydrogen-bond donors (Lipinski definition) is 2. The standard InChI is InChI=1S/C14H19N3O2/c1-14(2,3)11-7-5-10(6-8-11)9-16-17-13(19)12(18)15-4/h5-9H,1-4H3,(H,15,18)(H,17,19)/b16-9+. The molecule has 2 N–H and O–H groups in total. The number of hydrazone groups is 1. The summed E-state index contributed by atoms with van der Waals surface area (Å²) in [6, 6.07) is 7.86. The molecule has 102 valence electrons. The summed E-state index contributed by atoms with van der Waals surface area (Å²) in [5.41, 5.74) is 4.32. The third-order valence-corrected chi connectivity index (χ3v) is 2.59. The number of nitrogens with one attached hydrogen (secondary N) is 2. The molecule has 0 atom stereocenters. The van der Waals surface area contributed by atoms with E-state index in [1.807, 2.05) is 24.3 Å². The van der Waals surface area contributed by atoms with E-state index in [2.05, 4.69) is 36.6 Å². The fraction of sp³-hybridized carbons (Fsp3) is 0.357. The van der Waals surface area contributed by atoms with Crippen molar-refractivity contribution in [2.24, 2.45) is 5.10 Å². The van der Waals surface area contributed by atoms with Crippen molar-refractivity contribution in [3.8, 4) is 0 Å². The van der Waals surface area contributed by atoms with Crippen LogP contribution in [0.4, 0.5) is 0 Å². The van der Waals surface area contributed by atoms with Crippen LogP contribution >= 0.6 is 0 Å². The van der Waals surface area contributed by atoms with Gasteiger partial charge in [-0.25, -0.2) is 5.43 Å². The minimum absolute atomic E-state index is 0.100. The van der Waals surface area contributed by atoms with Crippen LogP contribution in [0.15, 0.2) is 29.4 Å². The molecule has 1 aromatic carbocycles. The Morgan fingerprint density at radius 3 is 2.16 bits per heavy atom. The number of carbonyl (C=O) groups excluding carboxylic acids is 2. The van der Waals surface area contributed by atoms with Gasteiger partial charge in [0.2, 0.25) is 0 Å². The van der Waals surface area contributed by atoms with Crippen LogP contribution in [0.1, 0.15) is 31.9 Å². The lowest BCUT2D eigenvalue weighted by atomic mass is 9.87. The molecule has 19 heavy (non-hydrogen) atoms. The van der Waals surface area contributed by atoms with Crippen LogP contribution in [-0.4, -0.2) is 25.1 Å². The summed E-state index contributed by atoms with van der Waals surface area (Å²) >= 11 is 0. The van der Waals surface area contributed by atoms with E-state index < -0.39 is 11.8 Å². The molecular formula is C14H19N3O2. The smallest absolute Gasteiger partial charge is 0.329 e. The maximum absolute atomic E-state index is 11.1. The van der Waals surface area contributed by atoms with E-state index in [1.165, 1.54) is 18.8 Å². The fourth-order valence-corrected chi connectivity index (χ4v) is 1.40. The Balaban J connectivity index is 2.64. The van der Waals surface area contributed by atoms with Gasteiger partial charge in [-0.1, -0.05) is 45.0 Å². The largest absolute Gasteiger partial charge is 0.351 e. The SMILES string of the molecule is CNC(=O)C(=O)N/N=C/c1ccc(C(C)(C)C)cc1. The lowest BCUT2D eigenvalue weighted by Gasteiger charge is -2.18. The average Bonchev–Trinajstić information content (AvgIpc) is 2.37. The molecule has 5 heteroatoms. The average molecular weight is 261 g/mol. The topological polar surface area (TPSA) is 70.6 Å². The quantitative estimate of drug-likeness (QED) is 0.477. The van der Waals surface area contributed by atoms with E-state index in [1.54, 1.807) is 0 Å². The molecule has 1 rings (SSSR count). The molecule has 0 unspecified atom stereocenters. The van der Waals surface area contributed by atoms with Crippen molar-refractivity contribution in [3.63, 3.8) is 0 Å². The van der Waals surface area contributed by atoms with Gasteiger partial charge in [-0.3, -0.25) is 9.59 Å². The summed E-state index contributed by atoms with van der Waals surface area (Å²) in [5.74, 6) is -1.51.